The Balaban J connectivity index is 2.77. The third-order valence-corrected chi connectivity index (χ3v) is 2.19. The van der Waals surface area contributed by atoms with Gasteiger partial charge in [-0.25, -0.2) is 9.97 Å². The van der Waals surface area contributed by atoms with Crippen LogP contribution in [0.5, 0.6) is 0 Å². The van der Waals surface area contributed by atoms with Crippen LogP contribution in [0.3, 0.4) is 0 Å². The summed E-state index contributed by atoms with van der Waals surface area (Å²) in [4.78, 5) is 8.62. The van der Waals surface area contributed by atoms with Gasteiger partial charge in [0.25, 0.3) is 0 Å². The summed E-state index contributed by atoms with van der Waals surface area (Å²) < 4.78 is 0. The molecule has 0 spiro atoms. The highest BCUT2D eigenvalue weighted by Gasteiger charge is 2.04. The van der Waals surface area contributed by atoms with Crippen molar-refractivity contribution in [3.05, 3.63) is 23.8 Å². The Hall–Kier alpha value is -0.920. The summed E-state index contributed by atoms with van der Waals surface area (Å²) in [5.41, 5.74) is 1.21. The maximum Gasteiger partial charge on any atom is 0.131 e. The molecule has 0 saturated carbocycles. The molecule has 0 aliphatic carbocycles. The lowest BCUT2D eigenvalue weighted by Gasteiger charge is -2.06. The predicted octanol–water partition coefficient (Wildman–Crippen LogP) is 2.55. The Kier molecular flexibility index (Phi) is 3.20. The van der Waals surface area contributed by atoms with Crippen LogP contribution in [0.25, 0.3) is 0 Å². The Morgan fingerprint density at radius 1 is 1.25 bits per heavy atom. The second kappa shape index (κ2) is 4.19. The summed E-state index contributed by atoms with van der Waals surface area (Å²) in [6.45, 7) is 6.42. The van der Waals surface area contributed by atoms with E-state index in [1.54, 1.807) is 0 Å². The van der Waals surface area contributed by atoms with Crippen molar-refractivity contribution < 1.29 is 0 Å². The lowest BCUT2D eigenvalue weighted by molar-refractivity contribution is 0.675. The lowest BCUT2D eigenvalue weighted by Crippen LogP contribution is -1.99. The zero-order valence-corrected chi connectivity index (χ0v) is 8.04. The minimum Gasteiger partial charge on any atom is -0.241 e. The molecule has 2 nitrogen and oxygen atoms in total. The molecule has 0 bridgehead atoms. The van der Waals surface area contributed by atoms with Crippen LogP contribution in [-0.2, 0) is 6.42 Å². The molecule has 1 aromatic heterocycles. The first-order chi connectivity index (χ1) is 5.77. The van der Waals surface area contributed by atoms with Gasteiger partial charge in [-0.1, -0.05) is 20.8 Å². The van der Waals surface area contributed by atoms with Crippen molar-refractivity contribution in [2.45, 2.75) is 39.5 Å². The topological polar surface area (TPSA) is 25.8 Å². The SMILES string of the molecule is CCc1cnc(C(C)CC)nc1. The van der Waals surface area contributed by atoms with Gasteiger partial charge in [-0.3, -0.25) is 0 Å². The van der Waals surface area contributed by atoms with Gasteiger partial charge in [-0.2, -0.15) is 0 Å². The van der Waals surface area contributed by atoms with E-state index in [4.69, 9.17) is 0 Å². The summed E-state index contributed by atoms with van der Waals surface area (Å²) in [5, 5.41) is 0. The Morgan fingerprint density at radius 3 is 2.25 bits per heavy atom. The van der Waals surface area contributed by atoms with E-state index in [1.165, 1.54) is 5.56 Å². The number of aryl methyl sites for hydroxylation is 1. The van der Waals surface area contributed by atoms with Gasteiger partial charge in [-0.05, 0) is 18.4 Å². The molecule has 0 fully saturated rings. The minimum absolute atomic E-state index is 0.482. The van der Waals surface area contributed by atoms with Crippen molar-refractivity contribution in [3.63, 3.8) is 0 Å². The molecule has 12 heavy (non-hydrogen) atoms. The van der Waals surface area contributed by atoms with E-state index in [9.17, 15) is 0 Å². The highest BCUT2D eigenvalue weighted by atomic mass is 14.9. The highest BCUT2D eigenvalue weighted by molar-refractivity contribution is 5.06. The quantitative estimate of drug-likeness (QED) is 0.686. The zero-order chi connectivity index (χ0) is 8.97. The van der Waals surface area contributed by atoms with Crippen molar-refractivity contribution in [1.82, 2.24) is 9.97 Å². The third-order valence-electron chi connectivity index (χ3n) is 2.19. The van der Waals surface area contributed by atoms with Gasteiger partial charge >= 0.3 is 0 Å². The van der Waals surface area contributed by atoms with Crippen LogP contribution >= 0.6 is 0 Å². The summed E-state index contributed by atoms with van der Waals surface area (Å²) >= 11 is 0. The maximum atomic E-state index is 4.31. The standard InChI is InChI=1S/C10H16N2/c1-4-8(3)10-11-6-9(5-2)7-12-10/h6-8H,4-5H2,1-3H3. The third kappa shape index (κ3) is 2.03. The summed E-state index contributed by atoms with van der Waals surface area (Å²) in [6.07, 6.45) is 5.97. The van der Waals surface area contributed by atoms with E-state index < -0.39 is 0 Å². The van der Waals surface area contributed by atoms with Gasteiger partial charge in [0.15, 0.2) is 0 Å². The Labute approximate surface area is 74.1 Å². The van der Waals surface area contributed by atoms with Crippen molar-refractivity contribution in [2.75, 3.05) is 0 Å². The monoisotopic (exact) mass is 164 g/mol. The number of hydrogen-bond acceptors (Lipinski definition) is 2. The average molecular weight is 164 g/mol. The van der Waals surface area contributed by atoms with Crippen molar-refractivity contribution >= 4 is 0 Å². The number of rotatable bonds is 3. The molecule has 0 saturated heterocycles. The molecule has 0 amide bonds. The first-order valence-electron chi connectivity index (χ1n) is 4.58. The van der Waals surface area contributed by atoms with Crippen molar-refractivity contribution in [3.8, 4) is 0 Å². The molecule has 1 rings (SSSR count). The van der Waals surface area contributed by atoms with E-state index in [1.807, 2.05) is 12.4 Å². The van der Waals surface area contributed by atoms with Crippen LogP contribution < -0.4 is 0 Å². The first kappa shape index (κ1) is 9.17. The summed E-state index contributed by atoms with van der Waals surface area (Å²) in [7, 11) is 0. The number of hydrogen-bond donors (Lipinski definition) is 0. The molecular formula is C10H16N2. The van der Waals surface area contributed by atoms with E-state index in [2.05, 4.69) is 30.7 Å². The summed E-state index contributed by atoms with van der Waals surface area (Å²) in [5.74, 6) is 1.45. The van der Waals surface area contributed by atoms with Crippen molar-refractivity contribution in [1.29, 1.82) is 0 Å². The Morgan fingerprint density at radius 2 is 1.83 bits per heavy atom. The van der Waals surface area contributed by atoms with Crippen LogP contribution in [-0.4, -0.2) is 9.97 Å². The molecule has 0 radical (unpaired) electrons. The van der Waals surface area contributed by atoms with Crippen LogP contribution in [0.4, 0.5) is 0 Å². The zero-order valence-electron chi connectivity index (χ0n) is 8.04. The molecule has 66 valence electrons. The van der Waals surface area contributed by atoms with Gasteiger partial charge in [0.2, 0.25) is 0 Å². The predicted molar refractivity (Wildman–Crippen MR) is 50.1 cm³/mol. The molecule has 0 aliphatic heterocycles. The van der Waals surface area contributed by atoms with Gasteiger partial charge in [-0.15, -0.1) is 0 Å². The van der Waals surface area contributed by atoms with Crippen LogP contribution in [0, 0.1) is 0 Å². The Bertz CT molecular complexity index is 228. The van der Waals surface area contributed by atoms with Gasteiger partial charge in [0.05, 0.1) is 0 Å². The van der Waals surface area contributed by atoms with Gasteiger partial charge in [0.1, 0.15) is 5.82 Å². The van der Waals surface area contributed by atoms with E-state index >= 15 is 0 Å². The maximum absolute atomic E-state index is 4.31. The van der Waals surface area contributed by atoms with Crippen LogP contribution in [0.1, 0.15) is 44.5 Å². The van der Waals surface area contributed by atoms with E-state index in [0.717, 1.165) is 18.7 Å². The first-order valence-corrected chi connectivity index (χ1v) is 4.58. The second-order valence-electron chi connectivity index (χ2n) is 3.11. The minimum atomic E-state index is 0.482. The normalized spacial score (nSPS) is 12.9. The number of aromatic nitrogens is 2. The molecule has 1 unspecified atom stereocenters. The number of nitrogens with zero attached hydrogens (tertiary/aromatic N) is 2. The smallest absolute Gasteiger partial charge is 0.131 e. The highest BCUT2D eigenvalue weighted by Crippen LogP contribution is 2.13. The molecule has 2 heteroatoms. The fourth-order valence-corrected chi connectivity index (χ4v) is 0.984. The molecule has 1 heterocycles. The summed E-state index contributed by atoms with van der Waals surface area (Å²) in [6, 6.07) is 0. The van der Waals surface area contributed by atoms with Gasteiger partial charge < -0.3 is 0 Å². The van der Waals surface area contributed by atoms with Gasteiger partial charge in [0, 0.05) is 18.3 Å². The largest absolute Gasteiger partial charge is 0.241 e. The average Bonchev–Trinajstić information content (AvgIpc) is 2.17. The molecular weight excluding hydrogens is 148 g/mol. The fraction of sp³-hybridized carbons (Fsp3) is 0.600. The van der Waals surface area contributed by atoms with Crippen LogP contribution in [0.2, 0.25) is 0 Å². The molecule has 1 atom stereocenters. The molecule has 0 N–H and O–H groups in total. The molecule has 1 aromatic rings. The lowest BCUT2D eigenvalue weighted by atomic mass is 10.1. The van der Waals surface area contributed by atoms with Crippen LogP contribution in [0.15, 0.2) is 12.4 Å². The van der Waals surface area contributed by atoms with E-state index in [-0.39, 0.29) is 0 Å². The molecule has 0 aliphatic rings. The fourth-order valence-electron chi connectivity index (χ4n) is 0.984. The van der Waals surface area contributed by atoms with Crippen molar-refractivity contribution in [2.24, 2.45) is 0 Å². The second-order valence-corrected chi connectivity index (χ2v) is 3.11. The molecule has 0 aromatic carbocycles. The van der Waals surface area contributed by atoms with E-state index in [0.29, 0.717) is 5.92 Å².